The summed E-state index contributed by atoms with van der Waals surface area (Å²) < 4.78 is 12.2. The van der Waals surface area contributed by atoms with E-state index in [9.17, 15) is 10.1 Å². The highest BCUT2D eigenvalue weighted by Gasteiger charge is 2.18. The fourth-order valence-corrected chi connectivity index (χ4v) is 3.78. The van der Waals surface area contributed by atoms with Gasteiger partial charge >= 0.3 is 0 Å². The van der Waals surface area contributed by atoms with Crippen LogP contribution >= 0.6 is 11.6 Å². The van der Waals surface area contributed by atoms with Crippen molar-refractivity contribution in [3.8, 4) is 17.6 Å². The molecule has 0 saturated heterocycles. The number of anilines is 2. The number of ether oxygens (including phenoxy) is 2. The van der Waals surface area contributed by atoms with Gasteiger partial charge in [-0.3, -0.25) is 9.48 Å². The molecule has 0 aliphatic heterocycles. The molecule has 0 bridgehead atoms. The van der Waals surface area contributed by atoms with Crippen LogP contribution in [0.2, 0.25) is 5.02 Å². The molecular formula is C27H30ClN7O3. The fraction of sp³-hybridized carbons (Fsp3) is 0.259. The van der Waals surface area contributed by atoms with Crippen molar-refractivity contribution in [3.63, 3.8) is 0 Å². The van der Waals surface area contributed by atoms with Crippen molar-refractivity contribution < 1.29 is 14.3 Å². The molecule has 0 atom stereocenters. The summed E-state index contributed by atoms with van der Waals surface area (Å²) in [6, 6.07) is 14.5. The normalized spacial score (nSPS) is 10.8. The number of halogens is 1. The molecule has 2 aromatic carbocycles. The lowest BCUT2D eigenvalue weighted by Crippen LogP contribution is -2.31. The van der Waals surface area contributed by atoms with E-state index in [4.69, 9.17) is 27.9 Å². The molecule has 4 aromatic rings. The smallest absolute Gasteiger partial charge is 0.293 e. The van der Waals surface area contributed by atoms with Gasteiger partial charge in [0.25, 0.3) is 6.47 Å². The van der Waals surface area contributed by atoms with Crippen LogP contribution in [0.1, 0.15) is 37.6 Å². The molecule has 0 unspecified atom stereocenters. The summed E-state index contributed by atoms with van der Waals surface area (Å²) in [7, 11) is 1.83. The van der Waals surface area contributed by atoms with Gasteiger partial charge in [-0.05, 0) is 75.7 Å². The molecule has 2 heterocycles. The van der Waals surface area contributed by atoms with Crippen molar-refractivity contribution in [2.75, 3.05) is 10.7 Å². The molecule has 4 N–H and O–H groups in total. The van der Waals surface area contributed by atoms with E-state index in [0.29, 0.717) is 35.0 Å². The Hall–Kier alpha value is -4.33. The Balaban J connectivity index is 0.000000505. The quantitative estimate of drug-likeness (QED) is 0.150. The summed E-state index contributed by atoms with van der Waals surface area (Å²) in [6.45, 7) is 8.10. The van der Waals surface area contributed by atoms with Crippen LogP contribution < -0.4 is 21.3 Å². The zero-order valence-electron chi connectivity index (χ0n) is 21.9. The monoisotopic (exact) mass is 535 g/mol. The zero-order valence-corrected chi connectivity index (χ0v) is 22.7. The third-order valence-corrected chi connectivity index (χ3v) is 5.53. The second-order valence-electron chi connectivity index (χ2n) is 9.46. The molecule has 0 radical (unpaired) electrons. The molecular weight excluding hydrogens is 506 g/mol. The Bertz CT molecular complexity index is 1490. The minimum atomic E-state index is -0.318. The predicted octanol–water partition coefficient (Wildman–Crippen LogP) is 5.01. The molecule has 2 aromatic heterocycles. The highest BCUT2D eigenvalue weighted by atomic mass is 35.5. The first-order valence-electron chi connectivity index (χ1n) is 11.6. The minimum Gasteiger partial charge on any atom is -0.462 e. The number of carbonyl (C=O) groups excluding carboxylic acids is 1. The number of benzene rings is 2. The van der Waals surface area contributed by atoms with Gasteiger partial charge in [0, 0.05) is 18.6 Å². The summed E-state index contributed by atoms with van der Waals surface area (Å²) in [5.74, 6) is 7.09. The van der Waals surface area contributed by atoms with Gasteiger partial charge in [-0.25, -0.2) is 10.8 Å². The highest BCUT2D eigenvalue weighted by Crippen LogP contribution is 2.41. The Kier molecular flexibility index (Phi) is 8.78. The molecule has 38 heavy (non-hydrogen) atoms. The van der Waals surface area contributed by atoms with Crippen LogP contribution in [-0.4, -0.2) is 26.8 Å². The van der Waals surface area contributed by atoms with Gasteiger partial charge in [0.15, 0.2) is 11.4 Å². The topological polar surface area (TPSA) is 145 Å². The fourth-order valence-electron chi connectivity index (χ4n) is 3.58. The third kappa shape index (κ3) is 6.91. The maximum Gasteiger partial charge on any atom is 0.293 e. The van der Waals surface area contributed by atoms with Crippen molar-refractivity contribution in [1.82, 2.24) is 14.8 Å². The van der Waals surface area contributed by atoms with E-state index in [2.05, 4.69) is 20.9 Å². The van der Waals surface area contributed by atoms with Crippen LogP contribution in [-0.2, 0) is 23.1 Å². The van der Waals surface area contributed by atoms with Crippen LogP contribution in [0.25, 0.3) is 11.0 Å². The summed E-state index contributed by atoms with van der Waals surface area (Å²) in [4.78, 5) is 13.9. The maximum atomic E-state index is 9.60. The van der Waals surface area contributed by atoms with Crippen molar-refractivity contribution >= 4 is 40.5 Å². The van der Waals surface area contributed by atoms with Gasteiger partial charge in [-0.15, -0.1) is 0 Å². The molecule has 198 valence electrons. The Morgan fingerprint density at radius 1 is 1.24 bits per heavy atom. The Morgan fingerprint density at radius 3 is 2.61 bits per heavy atom. The second kappa shape index (κ2) is 11.8. The number of aromatic nitrogens is 3. The number of hydrogen-bond acceptors (Lipinski definition) is 9. The van der Waals surface area contributed by atoms with Crippen LogP contribution in [0.3, 0.4) is 0 Å². The van der Waals surface area contributed by atoms with Gasteiger partial charge in [-0.1, -0.05) is 11.6 Å². The van der Waals surface area contributed by atoms with E-state index >= 15 is 0 Å². The average Bonchev–Trinajstić information content (AvgIpc) is 3.16. The van der Waals surface area contributed by atoms with E-state index < -0.39 is 0 Å². The zero-order chi connectivity index (χ0) is 28.0. The van der Waals surface area contributed by atoms with Crippen LogP contribution in [0, 0.1) is 18.3 Å². The van der Waals surface area contributed by atoms with E-state index in [-0.39, 0.29) is 17.0 Å². The van der Waals surface area contributed by atoms with Gasteiger partial charge < -0.3 is 20.2 Å². The lowest BCUT2D eigenvalue weighted by Gasteiger charge is -2.22. The Morgan fingerprint density at radius 2 is 1.97 bits per heavy atom. The standard InChI is InChI=1S/C22H20ClN7O.C5H10O2/c1-13-8-14(11-24)10-15(9-13)31-21-17(23)5-6-19(20(21)25)30(26)12-18-16-4-3-7-27-22(16)29(2)28-18;1-5(2,3)7-4-6/h3-10H,12,25-26H2,1-2H3;4H,1-3H3. The summed E-state index contributed by atoms with van der Waals surface area (Å²) in [5, 5.41) is 16.5. The summed E-state index contributed by atoms with van der Waals surface area (Å²) in [5.41, 5.74) is 9.79. The summed E-state index contributed by atoms with van der Waals surface area (Å²) in [6.07, 6.45) is 1.72. The molecule has 0 aliphatic carbocycles. The van der Waals surface area contributed by atoms with Crippen LogP contribution in [0.5, 0.6) is 11.5 Å². The first kappa shape index (κ1) is 28.2. The molecule has 0 saturated carbocycles. The number of fused-ring (bicyclic) bond motifs is 1. The number of rotatable bonds is 6. The second-order valence-corrected chi connectivity index (χ2v) is 9.86. The van der Waals surface area contributed by atoms with E-state index in [1.807, 2.05) is 46.9 Å². The molecule has 0 amide bonds. The lowest BCUT2D eigenvalue weighted by molar-refractivity contribution is -0.138. The predicted molar refractivity (Wildman–Crippen MR) is 148 cm³/mol. The number of hydrazine groups is 1. The molecule has 0 aliphatic rings. The number of nitrogens with zero attached hydrogens (tertiary/aromatic N) is 5. The van der Waals surface area contributed by atoms with Gasteiger partial charge in [0.1, 0.15) is 17.0 Å². The average molecular weight is 536 g/mol. The molecule has 0 fully saturated rings. The van der Waals surface area contributed by atoms with E-state index in [1.165, 1.54) is 5.01 Å². The molecule has 11 heteroatoms. The number of nitrogens with two attached hydrogens (primary N) is 2. The SMILES string of the molecule is CC(C)(C)OC=O.Cc1cc(C#N)cc(Oc2c(Cl)ccc(N(N)Cc3nn(C)c4ncccc34)c2N)c1. The number of nitrogen functional groups attached to an aromatic ring is 1. The van der Waals surface area contributed by atoms with Crippen LogP contribution in [0.15, 0.2) is 48.7 Å². The van der Waals surface area contributed by atoms with E-state index in [1.54, 1.807) is 41.2 Å². The number of nitriles is 1. The lowest BCUT2D eigenvalue weighted by atomic mass is 10.1. The van der Waals surface area contributed by atoms with Crippen molar-refractivity contribution in [1.29, 1.82) is 5.26 Å². The Labute approximate surface area is 226 Å². The van der Waals surface area contributed by atoms with Crippen molar-refractivity contribution in [2.45, 2.75) is 39.8 Å². The number of aryl methyl sites for hydroxylation is 2. The number of carbonyl (C=O) groups is 1. The molecule has 4 rings (SSSR count). The van der Waals surface area contributed by atoms with Crippen molar-refractivity contribution in [2.24, 2.45) is 12.9 Å². The maximum absolute atomic E-state index is 9.60. The first-order valence-corrected chi connectivity index (χ1v) is 12.0. The van der Waals surface area contributed by atoms with E-state index in [0.717, 1.165) is 22.3 Å². The van der Waals surface area contributed by atoms with Gasteiger partial charge in [-0.2, -0.15) is 10.4 Å². The molecule has 0 spiro atoms. The number of pyridine rings is 1. The first-order chi connectivity index (χ1) is 17.9. The largest absolute Gasteiger partial charge is 0.462 e. The molecule has 10 nitrogen and oxygen atoms in total. The highest BCUT2D eigenvalue weighted by molar-refractivity contribution is 6.32. The van der Waals surface area contributed by atoms with Crippen LogP contribution in [0.4, 0.5) is 11.4 Å². The minimum absolute atomic E-state index is 0.275. The summed E-state index contributed by atoms with van der Waals surface area (Å²) >= 11 is 6.36. The number of hydrogen-bond donors (Lipinski definition) is 2. The van der Waals surface area contributed by atoms with Crippen molar-refractivity contribution in [3.05, 3.63) is 70.5 Å². The van der Waals surface area contributed by atoms with Gasteiger partial charge in [0.2, 0.25) is 0 Å². The third-order valence-electron chi connectivity index (χ3n) is 5.23. The van der Waals surface area contributed by atoms with Gasteiger partial charge in [0.05, 0.1) is 34.6 Å².